The first kappa shape index (κ1) is 23.8. The van der Waals surface area contributed by atoms with Gasteiger partial charge in [0.15, 0.2) is 0 Å². The van der Waals surface area contributed by atoms with Crippen molar-refractivity contribution < 1.29 is 8.83 Å². The second kappa shape index (κ2) is 8.52. The van der Waals surface area contributed by atoms with E-state index >= 15 is 0 Å². The second-order valence-electron chi connectivity index (χ2n) is 12.7. The number of hydrogen-bond acceptors (Lipinski definition) is 2. The molecule has 0 N–H and O–H groups in total. The summed E-state index contributed by atoms with van der Waals surface area (Å²) in [7, 11) is 0. The predicted molar refractivity (Wildman–Crippen MR) is 187 cm³/mol. The molecule has 0 aliphatic heterocycles. The molecule has 1 atom stereocenters. The van der Waals surface area contributed by atoms with Gasteiger partial charge in [-0.05, 0) is 109 Å². The summed E-state index contributed by atoms with van der Waals surface area (Å²) in [4.78, 5) is 0. The highest BCUT2D eigenvalue weighted by Crippen LogP contribution is 2.54. The van der Waals surface area contributed by atoms with Gasteiger partial charge in [0.1, 0.15) is 22.3 Å². The fraction of sp³-hybridized carbons (Fsp3) is 0.0698. The highest BCUT2D eigenvalue weighted by Gasteiger charge is 2.32. The Balaban J connectivity index is 1.14. The Morgan fingerprint density at radius 1 is 0.444 bits per heavy atom. The minimum atomic E-state index is 0.303. The van der Waals surface area contributed by atoms with Crippen molar-refractivity contribution in [2.75, 3.05) is 0 Å². The molecular formula is C43H26O2. The third-order valence-corrected chi connectivity index (χ3v) is 10.4. The summed E-state index contributed by atoms with van der Waals surface area (Å²) in [5.41, 5.74) is 10.8. The lowest BCUT2D eigenvalue weighted by molar-refractivity contribution is 0.666. The third-order valence-electron chi connectivity index (χ3n) is 10.4. The van der Waals surface area contributed by atoms with Crippen LogP contribution in [0.3, 0.4) is 0 Å². The maximum atomic E-state index is 6.38. The van der Waals surface area contributed by atoms with E-state index in [1.165, 1.54) is 81.7 Å². The summed E-state index contributed by atoms with van der Waals surface area (Å²) in [5.74, 6) is 0.303. The maximum absolute atomic E-state index is 6.38. The van der Waals surface area contributed by atoms with Gasteiger partial charge in [-0.25, -0.2) is 0 Å². The van der Waals surface area contributed by atoms with E-state index in [1.54, 1.807) is 0 Å². The van der Waals surface area contributed by atoms with Crippen LogP contribution in [-0.2, 0) is 6.42 Å². The van der Waals surface area contributed by atoms with Crippen LogP contribution in [0.2, 0.25) is 0 Å². The first-order valence-electron chi connectivity index (χ1n) is 15.9. The summed E-state index contributed by atoms with van der Waals surface area (Å²) < 4.78 is 12.6. The monoisotopic (exact) mass is 574 g/mol. The number of furan rings is 2. The Morgan fingerprint density at radius 2 is 1.09 bits per heavy atom. The Bertz CT molecular complexity index is 2830. The average molecular weight is 575 g/mol. The lowest BCUT2D eigenvalue weighted by atomic mass is 9.87. The molecule has 0 radical (unpaired) electrons. The van der Waals surface area contributed by atoms with Crippen molar-refractivity contribution in [1.82, 2.24) is 0 Å². The van der Waals surface area contributed by atoms with Gasteiger partial charge in [-0.3, -0.25) is 0 Å². The highest BCUT2D eigenvalue weighted by atomic mass is 16.3. The molecule has 210 valence electrons. The SMILES string of the molecule is c1ccc2cc3c(cc2c1)-c1c(ccc2c4cccc5oc6cccc(c12)c6c54)C3CCc1ccc2c(c1)oc1ccccc12. The van der Waals surface area contributed by atoms with Crippen LogP contribution < -0.4 is 0 Å². The van der Waals surface area contributed by atoms with Crippen LogP contribution in [0.25, 0.3) is 87.3 Å². The van der Waals surface area contributed by atoms with Crippen LogP contribution in [0.15, 0.2) is 136 Å². The molecular weight excluding hydrogens is 548 g/mol. The first-order valence-corrected chi connectivity index (χ1v) is 15.9. The van der Waals surface area contributed by atoms with Crippen LogP contribution in [0, 0.1) is 0 Å². The summed E-state index contributed by atoms with van der Waals surface area (Å²) in [5, 5.41) is 12.6. The van der Waals surface area contributed by atoms with Gasteiger partial charge >= 0.3 is 0 Å². The van der Waals surface area contributed by atoms with Gasteiger partial charge in [-0.1, -0.05) is 91.0 Å². The molecule has 1 aliphatic carbocycles. The summed E-state index contributed by atoms with van der Waals surface area (Å²) in [6, 6.07) is 46.6. The number of rotatable bonds is 3. The summed E-state index contributed by atoms with van der Waals surface area (Å²) >= 11 is 0. The lowest BCUT2D eigenvalue weighted by Gasteiger charge is -2.16. The van der Waals surface area contributed by atoms with E-state index in [0.717, 1.165) is 35.2 Å². The maximum Gasteiger partial charge on any atom is 0.136 e. The smallest absolute Gasteiger partial charge is 0.136 e. The molecule has 2 heterocycles. The molecule has 11 rings (SSSR count). The number of aryl methyl sites for hydroxylation is 1. The zero-order chi connectivity index (χ0) is 29.2. The molecule has 2 nitrogen and oxygen atoms in total. The van der Waals surface area contributed by atoms with Crippen molar-refractivity contribution >= 4 is 76.2 Å². The molecule has 0 saturated heterocycles. The minimum Gasteiger partial charge on any atom is -0.456 e. The van der Waals surface area contributed by atoms with Crippen molar-refractivity contribution in [3.05, 3.63) is 144 Å². The van der Waals surface area contributed by atoms with Crippen LogP contribution in [0.1, 0.15) is 29.0 Å². The molecule has 0 fully saturated rings. The molecule has 1 unspecified atom stereocenters. The van der Waals surface area contributed by atoms with E-state index in [2.05, 4.69) is 121 Å². The van der Waals surface area contributed by atoms with Crippen LogP contribution in [0.5, 0.6) is 0 Å². The molecule has 8 aromatic carbocycles. The fourth-order valence-electron chi connectivity index (χ4n) is 8.48. The number of benzene rings is 8. The topological polar surface area (TPSA) is 26.3 Å². The fourth-order valence-corrected chi connectivity index (χ4v) is 8.48. The van der Waals surface area contributed by atoms with Gasteiger partial charge < -0.3 is 8.83 Å². The second-order valence-corrected chi connectivity index (χ2v) is 12.7. The van der Waals surface area contributed by atoms with E-state index in [-0.39, 0.29) is 0 Å². The van der Waals surface area contributed by atoms with E-state index in [9.17, 15) is 0 Å². The number of hydrogen-bond donors (Lipinski definition) is 0. The molecule has 0 bridgehead atoms. The molecule has 10 aromatic rings. The quantitative estimate of drug-likeness (QED) is 0.196. The van der Waals surface area contributed by atoms with Gasteiger partial charge in [-0.15, -0.1) is 0 Å². The van der Waals surface area contributed by atoms with E-state index in [0.29, 0.717) is 5.92 Å². The molecule has 2 heteroatoms. The molecule has 1 aliphatic rings. The Labute approximate surface area is 258 Å². The standard InChI is InChI=1S/C43H26O2/c1-2-8-26-23-35-34(22-25(26)7-1)27(17-15-24-16-18-29-28-9-3-4-12-36(28)44-39(29)21-24)31-19-20-32-30-10-5-13-37-42(30)43-33(40(32)41(31)35)11-6-14-38(43)45-37/h1-14,16,18-23,27H,15,17H2. The Kier molecular flexibility index (Phi) is 4.51. The summed E-state index contributed by atoms with van der Waals surface area (Å²) in [6.07, 6.45) is 2.00. The van der Waals surface area contributed by atoms with Crippen molar-refractivity contribution in [1.29, 1.82) is 0 Å². The number of fused-ring (bicyclic) bond motifs is 11. The van der Waals surface area contributed by atoms with E-state index in [4.69, 9.17) is 8.83 Å². The van der Waals surface area contributed by atoms with Crippen LogP contribution in [0.4, 0.5) is 0 Å². The minimum absolute atomic E-state index is 0.303. The van der Waals surface area contributed by atoms with Gasteiger partial charge in [0.25, 0.3) is 0 Å². The van der Waals surface area contributed by atoms with Gasteiger partial charge in [0.05, 0.1) is 0 Å². The van der Waals surface area contributed by atoms with Crippen LogP contribution >= 0.6 is 0 Å². The first-order chi connectivity index (χ1) is 22.3. The zero-order valence-corrected chi connectivity index (χ0v) is 24.4. The van der Waals surface area contributed by atoms with Crippen molar-refractivity contribution in [2.24, 2.45) is 0 Å². The number of para-hydroxylation sites is 1. The average Bonchev–Trinajstić information content (AvgIpc) is 3.75. The zero-order valence-electron chi connectivity index (χ0n) is 24.4. The van der Waals surface area contributed by atoms with Crippen LogP contribution in [-0.4, -0.2) is 0 Å². The van der Waals surface area contributed by atoms with Crippen molar-refractivity contribution in [3.8, 4) is 11.1 Å². The van der Waals surface area contributed by atoms with Crippen molar-refractivity contribution in [2.45, 2.75) is 18.8 Å². The molecule has 45 heavy (non-hydrogen) atoms. The van der Waals surface area contributed by atoms with Gasteiger partial charge in [0.2, 0.25) is 0 Å². The van der Waals surface area contributed by atoms with Gasteiger partial charge in [0, 0.05) is 27.5 Å². The highest BCUT2D eigenvalue weighted by molar-refractivity contribution is 6.35. The third kappa shape index (κ3) is 3.13. The largest absolute Gasteiger partial charge is 0.456 e. The lowest BCUT2D eigenvalue weighted by Crippen LogP contribution is -2.00. The van der Waals surface area contributed by atoms with Crippen molar-refractivity contribution in [3.63, 3.8) is 0 Å². The molecule has 0 saturated carbocycles. The van der Waals surface area contributed by atoms with Gasteiger partial charge in [-0.2, -0.15) is 0 Å². The molecule has 0 spiro atoms. The molecule has 2 aromatic heterocycles. The Hall–Kier alpha value is -5.60. The predicted octanol–water partition coefficient (Wildman–Crippen LogP) is 12.1. The normalized spacial score (nSPS) is 14.6. The summed E-state index contributed by atoms with van der Waals surface area (Å²) in [6.45, 7) is 0. The Morgan fingerprint density at radius 3 is 1.98 bits per heavy atom. The van der Waals surface area contributed by atoms with E-state index in [1.807, 2.05) is 6.07 Å². The van der Waals surface area contributed by atoms with E-state index < -0.39 is 0 Å². The molecule has 0 amide bonds.